The number of aliphatic hydroxyl groups is 1. The summed E-state index contributed by atoms with van der Waals surface area (Å²) in [6.45, 7) is 6.28. The number of ether oxygens (including phenoxy) is 2. The Labute approximate surface area is 347 Å². The van der Waals surface area contributed by atoms with E-state index in [4.69, 9.17) is 42.8 Å². The molecule has 2 aromatic carbocycles. The number of carbonyl (C=O) groups is 2. The van der Waals surface area contributed by atoms with Gasteiger partial charge in [0.15, 0.2) is 0 Å². The topological polar surface area (TPSA) is 152 Å². The highest BCUT2D eigenvalue weighted by molar-refractivity contribution is 6.39. The predicted octanol–water partition coefficient (Wildman–Crippen LogP) is 7.15. The number of benzene rings is 2. The maximum atomic E-state index is 13.5. The molecule has 15 heteroatoms. The molecule has 2 aliphatic rings. The number of hydrogen-bond donors (Lipinski definition) is 3. The van der Waals surface area contributed by atoms with Gasteiger partial charge in [-0.3, -0.25) is 14.2 Å². The number of aliphatic hydroxyl groups excluding tert-OH is 1. The van der Waals surface area contributed by atoms with Gasteiger partial charge in [0.2, 0.25) is 11.8 Å². The number of carbonyl (C=O) groups excluding carboxylic acids is 2. The molecule has 0 spiro atoms. The van der Waals surface area contributed by atoms with Crippen LogP contribution in [0.1, 0.15) is 70.7 Å². The molecule has 0 radical (unpaired) electrons. The second-order valence-electron chi connectivity index (χ2n) is 16.1. The maximum absolute atomic E-state index is 13.5. The maximum Gasteiger partial charge on any atom is 0.410 e. The number of nitrogens with zero attached hydrogens (tertiary/aromatic N) is 5. The molecule has 2 fully saturated rings. The minimum absolute atomic E-state index is 0.0384. The van der Waals surface area contributed by atoms with Crippen LogP contribution in [0.25, 0.3) is 39.0 Å². The smallest absolute Gasteiger partial charge is 0.410 e. The van der Waals surface area contributed by atoms with Crippen LogP contribution in [-0.2, 0) is 29.7 Å². The number of aromatic nitrogens is 4. The van der Waals surface area contributed by atoms with Gasteiger partial charge in [0.05, 0.1) is 42.0 Å². The van der Waals surface area contributed by atoms with E-state index < -0.39 is 11.7 Å². The summed E-state index contributed by atoms with van der Waals surface area (Å²) >= 11 is 14.3. The van der Waals surface area contributed by atoms with Crippen molar-refractivity contribution < 1.29 is 24.2 Å². The van der Waals surface area contributed by atoms with Crippen molar-refractivity contribution >= 4 is 40.7 Å². The van der Waals surface area contributed by atoms with Crippen LogP contribution in [0.2, 0.25) is 10.0 Å². The highest BCUT2D eigenvalue weighted by Gasteiger charge is 2.30. The lowest BCUT2D eigenvalue weighted by molar-refractivity contribution is -0.119. The van der Waals surface area contributed by atoms with Gasteiger partial charge in [-0.2, -0.15) is 5.10 Å². The number of hydrogen-bond acceptors (Lipinski definition) is 9. The van der Waals surface area contributed by atoms with E-state index in [0.29, 0.717) is 80.2 Å². The van der Waals surface area contributed by atoms with Crippen molar-refractivity contribution in [1.29, 1.82) is 0 Å². The quantitative estimate of drug-likeness (QED) is 0.126. The molecule has 1 aliphatic heterocycles. The second-order valence-corrected chi connectivity index (χ2v) is 16.8. The van der Waals surface area contributed by atoms with Crippen LogP contribution >= 0.6 is 23.2 Å². The van der Waals surface area contributed by atoms with E-state index in [1.54, 1.807) is 27.1 Å². The summed E-state index contributed by atoms with van der Waals surface area (Å²) in [7, 11) is 3.24. The minimum atomic E-state index is -0.708. The molecule has 1 atom stereocenters. The van der Waals surface area contributed by atoms with Gasteiger partial charge in [0.1, 0.15) is 16.9 Å². The molecule has 7 rings (SSSR count). The fourth-order valence-electron chi connectivity index (χ4n) is 7.62. The fourth-order valence-corrected chi connectivity index (χ4v) is 8.29. The van der Waals surface area contributed by atoms with Crippen molar-refractivity contribution in [2.45, 2.75) is 96.2 Å². The molecule has 4 heterocycles. The SMILES string of the molecule is COc1nc(-c2cccc(-c3cccc(-c4cc5c(=O)n(C)c(CN[C@H]6CC[C@H](O)CC6)nn5c4)c3Cl)c2Cl)ccc1CN(C[C@@H]1CCC(=O)N1)C(=O)OC(C)(C)C. The van der Waals surface area contributed by atoms with E-state index in [9.17, 15) is 19.5 Å². The highest BCUT2D eigenvalue weighted by Crippen LogP contribution is 2.42. The summed E-state index contributed by atoms with van der Waals surface area (Å²) in [6.07, 6.45) is 5.40. The first kappa shape index (κ1) is 41.2. The molecule has 0 unspecified atom stereocenters. The van der Waals surface area contributed by atoms with Crippen LogP contribution in [0.3, 0.4) is 0 Å². The molecule has 2 amide bonds. The minimum Gasteiger partial charge on any atom is -0.481 e. The normalized spacial score (nSPS) is 18.3. The van der Waals surface area contributed by atoms with Crippen LogP contribution in [-0.4, -0.2) is 78.6 Å². The standard InChI is InChI=1S/C43H49Cl2N7O6/c1-43(2,3)58-42(56)51(24-28-15-19-37(54)47-28)22-25-12-18-34(48-40(25)57-5)33-11-7-10-32(39(33)45)31-9-6-8-30(38(31)44)26-20-35-41(55)50(4)36(49-52(35)23-26)21-46-27-13-16-29(53)17-14-27/h6-12,18,20,23,27-29,46,53H,13-17,19,21-22,24H2,1-5H3,(H,47,54)/t27-,28-,29-/m0/s1. The van der Waals surface area contributed by atoms with Crippen molar-refractivity contribution in [3.8, 4) is 39.4 Å². The third-order valence-electron chi connectivity index (χ3n) is 10.7. The zero-order valence-corrected chi connectivity index (χ0v) is 34.9. The van der Waals surface area contributed by atoms with Crippen LogP contribution in [0.4, 0.5) is 4.79 Å². The van der Waals surface area contributed by atoms with Crippen LogP contribution < -0.4 is 20.9 Å². The Bertz CT molecular complexity index is 2400. The van der Waals surface area contributed by atoms with Gasteiger partial charge in [-0.1, -0.05) is 59.6 Å². The molecule has 5 aromatic rings. The van der Waals surface area contributed by atoms with Crippen molar-refractivity contribution in [3.63, 3.8) is 0 Å². The van der Waals surface area contributed by atoms with Crippen LogP contribution in [0.5, 0.6) is 5.88 Å². The fraction of sp³-hybridized carbons (Fsp3) is 0.419. The van der Waals surface area contributed by atoms with Gasteiger partial charge in [-0.05, 0) is 71.1 Å². The predicted molar refractivity (Wildman–Crippen MR) is 224 cm³/mol. The number of nitrogens with one attached hydrogen (secondary N) is 2. The molecule has 3 N–H and O–H groups in total. The lowest BCUT2D eigenvalue weighted by Crippen LogP contribution is -2.43. The van der Waals surface area contributed by atoms with Crippen molar-refractivity contribution in [2.75, 3.05) is 13.7 Å². The summed E-state index contributed by atoms with van der Waals surface area (Å²) in [5.41, 5.74) is 4.22. The van der Waals surface area contributed by atoms with Gasteiger partial charge in [-0.25, -0.2) is 14.3 Å². The van der Waals surface area contributed by atoms with E-state index >= 15 is 0 Å². The Kier molecular flexibility index (Phi) is 12.2. The average molecular weight is 831 g/mol. The molecule has 58 heavy (non-hydrogen) atoms. The molecule has 1 saturated carbocycles. The first-order valence-corrected chi connectivity index (χ1v) is 20.3. The Morgan fingerprint density at radius 2 is 1.66 bits per heavy atom. The van der Waals surface area contributed by atoms with Crippen LogP contribution in [0, 0.1) is 0 Å². The van der Waals surface area contributed by atoms with E-state index in [0.717, 1.165) is 31.2 Å². The van der Waals surface area contributed by atoms with Gasteiger partial charge in [0.25, 0.3) is 5.56 Å². The monoisotopic (exact) mass is 829 g/mol. The summed E-state index contributed by atoms with van der Waals surface area (Å²) in [6, 6.07) is 16.9. The van der Waals surface area contributed by atoms with E-state index in [2.05, 4.69) is 10.6 Å². The van der Waals surface area contributed by atoms with Gasteiger partial charge < -0.3 is 30.1 Å². The first-order valence-electron chi connectivity index (χ1n) is 19.6. The number of methoxy groups -OCH3 is 1. The summed E-state index contributed by atoms with van der Waals surface area (Å²) in [4.78, 5) is 45.1. The van der Waals surface area contributed by atoms with Crippen LogP contribution in [0.15, 0.2) is 65.6 Å². The molecule has 1 saturated heterocycles. The largest absolute Gasteiger partial charge is 0.481 e. The van der Waals surface area contributed by atoms with E-state index in [1.165, 1.54) is 7.11 Å². The zero-order valence-electron chi connectivity index (χ0n) is 33.3. The van der Waals surface area contributed by atoms with Crippen molar-refractivity contribution in [3.05, 3.63) is 92.6 Å². The lowest BCUT2D eigenvalue weighted by atomic mass is 9.93. The zero-order chi connectivity index (χ0) is 41.3. The molecule has 3 aromatic heterocycles. The number of amides is 2. The first-order chi connectivity index (χ1) is 27.7. The number of fused-ring (bicyclic) bond motifs is 1. The Morgan fingerprint density at radius 1 is 0.983 bits per heavy atom. The third-order valence-corrected chi connectivity index (χ3v) is 11.5. The lowest BCUT2D eigenvalue weighted by Gasteiger charge is -2.29. The number of rotatable bonds is 11. The van der Waals surface area contributed by atoms with E-state index in [1.807, 2.05) is 75.5 Å². The van der Waals surface area contributed by atoms with Gasteiger partial charge >= 0.3 is 6.09 Å². The van der Waals surface area contributed by atoms with Gasteiger partial charge in [0, 0.05) is 71.7 Å². The molecule has 306 valence electrons. The van der Waals surface area contributed by atoms with Gasteiger partial charge in [-0.15, -0.1) is 0 Å². The molecular formula is C43H49Cl2N7O6. The molecule has 1 aliphatic carbocycles. The summed E-state index contributed by atoms with van der Waals surface area (Å²) in [5.74, 6) is 0.881. The number of halogens is 2. The highest BCUT2D eigenvalue weighted by atomic mass is 35.5. The second kappa shape index (κ2) is 17.1. The average Bonchev–Trinajstić information content (AvgIpc) is 3.81. The molecular weight excluding hydrogens is 781 g/mol. The molecule has 13 nitrogen and oxygen atoms in total. The Hall–Kier alpha value is -4.95. The van der Waals surface area contributed by atoms with Crippen molar-refractivity contribution in [1.82, 2.24) is 34.7 Å². The summed E-state index contributed by atoms with van der Waals surface area (Å²) < 4.78 is 14.6. The summed E-state index contributed by atoms with van der Waals surface area (Å²) in [5, 5.41) is 22.0. The van der Waals surface area contributed by atoms with E-state index in [-0.39, 0.29) is 42.7 Å². The number of pyridine rings is 1. The van der Waals surface area contributed by atoms with Crippen molar-refractivity contribution in [2.24, 2.45) is 7.05 Å². The Morgan fingerprint density at radius 3 is 2.31 bits per heavy atom. The third kappa shape index (κ3) is 9.02. The molecule has 0 bridgehead atoms. The Balaban J connectivity index is 1.15.